The average molecular weight is 445 g/mol. The number of alkyl halides is 3. The summed E-state index contributed by atoms with van der Waals surface area (Å²) >= 11 is 0. The largest absolute Gasteiger partial charge is 0.433 e. The number of nitrogens with one attached hydrogen (secondary N) is 1. The normalized spacial score (nSPS) is 14.9. The molecule has 30 heavy (non-hydrogen) atoms. The Balaban J connectivity index is 1.93. The van der Waals surface area contributed by atoms with E-state index in [-0.39, 0.29) is 28.9 Å². The molecule has 1 unspecified atom stereocenters. The number of hydrogen-bond acceptors (Lipinski definition) is 5. The number of carbonyl (C=O) groups excluding carboxylic acids is 1. The Morgan fingerprint density at radius 3 is 2.67 bits per heavy atom. The molecule has 1 aliphatic carbocycles. The van der Waals surface area contributed by atoms with Gasteiger partial charge in [-0.1, -0.05) is 0 Å². The second kappa shape index (κ2) is 8.34. The number of rotatable bonds is 4. The van der Waals surface area contributed by atoms with Gasteiger partial charge in [0.1, 0.15) is 5.69 Å². The highest BCUT2D eigenvalue weighted by Crippen LogP contribution is 2.38. The fourth-order valence-corrected chi connectivity index (χ4v) is 4.22. The maximum Gasteiger partial charge on any atom is 0.433 e. The van der Waals surface area contributed by atoms with Crippen molar-refractivity contribution < 1.29 is 27.3 Å². The minimum Gasteiger partial charge on any atom is -0.390 e. The lowest BCUT2D eigenvalue weighted by molar-refractivity contribution is -0.141. The van der Waals surface area contributed by atoms with Crippen LogP contribution in [0.2, 0.25) is 0 Å². The molecule has 2 aromatic rings. The van der Waals surface area contributed by atoms with Gasteiger partial charge in [-0.25, -0.2) is 14.0 Å². The number of pyridine rings is 1. The van der Waals surface area contributed by atoms with Gasteiger partial charge in [0.15, 0.2) is 5.03 Å². The smallest absolute Gasteiger partial charge is 0.390 e. The molecule has 164 valence electrons. The van der Waals surface area contributed by atoms with E-state index in [9.17, 15) is 27.3 Å². The number of aliphatic hydroxyl groups excluding tert-OH is 1. The lowest BCUT2D eigenvalue weighted by Gasteiger charge is -2.17. The molecule has 0 radical (unpaired) electrons. The van der Waals surface area contributed by atoms with Gasteiger partial charge in [-0.3, -0.25) is 4.68 Å². The Hall–Kier alpha value is -2.47. The highest BCUT2D eigenvalue weighted by molar-refractivity contribution is 7.75. The van der Waals surface area contributed by atoms with Crippen molar-refractivity contribution in [2.75, 3.05) is 5.32 Å². The molecule has 0 fully saturated rings. The van der Waals surface area contributed by atoms with E-state index in [1.165, 1.54) is 17.7 Å². The number of aryl methyl sites for hydroxylation is 1. The van der Waals surface area contributed by atoms with E-state index in [0.717, 1.165) is 0 Å². The van der Waals surface area contributed by atoms with Crippen molar-refractivity contribution in [2.45, 2.75) is 63.9 Å². The van der Waals surface area contributed by atoms with Crippen molar-refractivity contribution in [1.82, 2.24) is 14.8 Å². The summed E-state index contributed by atoms with van der Waals surface area (Å²) < 4.78 is 57.5. The summed E-state index contributed by atoms with van der Waals surface area (Å²) in [6.07, 6.45) is -3.15. The lowest BCUT2D eigenvalue weighted by Crippen LogP contribution is -2.17. The fraction of sp³-hybridized carbons (Fsp3) is 0.500. The van der Waals surface area contributed by atoms with Crippen LogP contribution in [0.5, 0.6) is 0 Å². The third-order valence-electron chi connectivity index (χ3n) is 4.80. The van der Waals surface area contributed by atoms with Crippen LogP contribution in [0, 0.1) is 6.92 Å². The van der Waals surface area contributed by atoms with Gasteiger partial charge in [-0.05, 0) is 51.7 Å². The number of carbonyl (C=O) groups is 1. The minimum absolute atomic E-state index is 0.00515. The molecule has 2 aromatic heterocycles. The molecular weight excluding hydrogens is 423 g/mol. The second-order valence-electron chi connectivity index (χ2n) is 7.23. The van der Waals surface area contributed by atoms with Crippen LogP contribution in [-0.2, 0) is 36.2 Å². The second-order valence-corrected chi connectivity index (χ2v) is 8.43. The van der Waals surface area contributed by atoms with Crippen LogP contribution in [0.25, 0.3) is 0 Å². The number of thiol groups is 1. The van der Waals surface area contributed by atoms with Crippen molar-refractivity contribution in [1.29, 1.82) is 0 Å². The Kier molecular flexibility index (Phi) is 6.18. The average Bonchev–Trinajstić information content (AvgIpc) is 3.29. The Bertz CT molecular complexity index is 1070. The quantitative estimate of drug-likeness (QED) is 0.625. The topological polar surface area (TPSA) is 109 Å². The number of nitrogens with zero attached hydrogens (tertiary/aromatic N) is 4. The van der Waals surface area contributed by atoms with E-state index in [2.05, 4.69) is 19.8 Å². The van der Waals surface area contributed by atoms with Crippen LogP contribution in [0.1, 0.15) is 54.5 Å². The molecule has 0 saturated heterocycles. The van der Waals surface area contributed by atoms with E-state index in [1.54, 1.807) is 0 Å². The van der Waals surface area contributed by atoms with Crippen molar-refractivity contribution in [3.63, 3.8) is 0 Å². The molecule has 0 saturated carbocycles. The first-order chi connectivity index (χ1) is 14.0. The lowest BCUT2D eigenvalue weighted by atomic mass is 10.1. The monoisotopic (exact) mass is 445 g/mol. The van der Waals surface area contributed by atoms with Gasteiger partial charge in [-0.2, -0.15) is 18.3 Å². The van der Waals surface area contributed by atoms with Crippen LogP contribution >= 0.6 is 0 Å². The molecule has 2 heterocycles. The van der Waals surface area contributed by atoms with Gasteiger partial charge >= 0.3 is 12.2 Å². The van der Waals surface area contributed by atoms with E-state index >= 15 is 0 Å². The van der Waals surface area contributed by atoms with E-state index in [0.29, 0.717) is 36.2 Å². The van der Waals surface area contributed by atoms with Crippen molar-refractivity contribution >= 4 is 22.3 Å². The zero-order valence-electron chi connectivity index (χ0n) is 16.6. The molecule has 1 atom stereocenters. The van der Waals surface area contributed by atoms with E-state index < -0.39 is 28.5 Å². The highest BCUT2D eigenvalue weighted by Gasteiger charge is 2.37. The van der Waals surface area contributed by atoms with Gasteiger partial charge in [-0.15, -0.1) is 4.36 Å². The number of aromatic nitrogens is 3. The van der Waals surface area contributed by atoms with Crippen LogP contribution in [0.15, 0.2) is 15.5 Å². The Morgan fingerprint density at radius 2 is 2.10 bits per heavy atom. The molecule has 1 aliphatic rings. The first-order valence-corrected chi connectivity index (χ1v) is 10.5. The predicted molar refractivity (Wildman–Crippen MR) is 104 cm³/mol. The number of aliphatic hydroxyl groups is 1. The summed E-state index contributed by atoms with van der Waals surface area (Å²) in [5.41, 5.74) is 0.0313. The summed E-state index contributed by atoms with van der Waals surface area (Å²) in [5, 5.41) is 15.9. The van der Waals surface area contributed by atoms with E-state index in [1.807, 2.05) is 13.8 Å². The summed E-state index contributed by atoms with van der Waals surface area (Å²) in [5.74, 6) is 0. The standard InChI is InChI=1S/C18H22F3N5O3S/c1-9(2)26-11(8-27)7-14(24-26)30(29)25-17(28)23-15-10(3)16(18(19,20)21)22-13-6-4-5-12(13)15/h7,9,27,30H,4-6,8H2,1-3H3,(H,22,23,28). The third-order valence-corrected chi connectivity index (χ3v) is 5.77. The number of anilines is 1. The Morgan fingerprint density at radius 1 is 1.40 bits per heavy atom. The van der Waals surface area contributed by atoms with Gasteiger partial charge in [0.2, 0.25) is 0 Å². The van der Waals surface area contributed by atoms with Gasteiger partial charge in [0.25, 0.3) is 0 Å². The number of hydrogen-bond donors (Lipinski definition) is 3. The van der Waals surface area contributed by atoms with Crippen LogP contribution in [-0.4, -0.2) is 30.1 Å². The molecule has 0 bridgehead atoms. The zero-order valence-corrected chi connectivity index (χ0v) is 17.5. The van der Waals surface area contributed by atoms with Gasteiger partial charge in [0, 0.05) is 17.3 Å². The van der Waals surface area contributed by atoms with Crippen molar-refractivity contribution in [3.8, 4) is 0 Å². The molecule has 0 spiro atoms. The zero-order chi connectivity index (χ0) is 22.2. The first kappa shape index (κ1) is 22.2. The molecule has 8 nitrogen and oxygen atoms in total. The molecule has 0 aromatic carbocycles. The van der Waals surface area contributed by atoms with Crippen molar-refractivity contribution in [3.05, 3.63) is 34.3 Å². The molecule has 3 rings (SSSR count). The molecular formula is C18H22F3N5O3S. The number of halogens is 3. The van der Waals surface area contributed by atoms with E-state index in [4.69, 9.17) is 0 Å². The first-order valence-electron chi connectivity index (χ1n) is 9.31. The summed E-state index contributed by atoms with van der Waals surface area (Å²) in [6, 6.07) is 0.241. The van der Waals surface area contributed by atoms with Gasteiger partial charge < -0.3 is 10.4 Å². The highest BCUT2D eigenvalue weighted by atomic mass is 32.2. The van der Waals surface area contributed by atoms with Crippen LogP contribution in [0.3, 0.4) is 0 Å². The number of fused-ring (bicyclic) bond motifs is 1. The Labute approximate surface area is 172 Å². The molecule has 12 heteroatoms. The summed E-state index contributed by atoms with van der Waals surface area (Å²) in [4.78, 5) is 16.1. The third kappa shape index (κ3) is 4.33. The van der Waals surface area contributed by atoms with Crippen LogP contribution in [0.4, 0.5) is 23.7 Å². The summed E-state index contributed by atoms with van der Waals surface area (Å²) in [6.45, 7) is 4.54. The van der Waals surface area contributed by atoms with Crippen LogP contribution < -0.4 is 5.32 Å². The molecule has 2 amide bonds. The fourth-order valence-electron chi connectivity index (χ4n) is 3.47. The molecule has 0 aliphatic heterocycles. The SMILES string of the molecule is Cc1c(C(F)(F)F)nc2c(c1NC(=O)/N=[SH](=O)/c1cc(CO)n(C(C)C)n1)CCC2. The maximum absolute atomic E-state index is 13.3. The van der Waals surface area contributed by atoms with Gasteiger partial charge in [0.05, 0.1) is 28.6 Å². The summed E-state index contributed by atoms with van der Waals surface area (Å²) in [7, 11) is -2.60. The minimum atomic E-state index is -4.66. The van der Waals surface area contributed by atoms with Crippen molar-refractivity contribution in [2.24, 2.45) is 4.36 Å². The predicted octanol–water partition coefficient (Wildman–Crippen LogP) is 3.42. The number of amides is 2. The number of urea groups is 1. The molecule has 2 N–H and O–H groups in total. The maximum atomic E-state index is 13.3.